The molecule has 0 radical (unpaired) electrons. The summed E-state index contributed by atoms with van der Waals surface area (Å²) in [5.41, 5.74) is -0.174. The number of amides is 2. The molecular weight excluding hydrogens is 374 g/mol. The van der Waals surface area contributed by atoms with Crippen LogP contribution in [0, 0.1) is 16.0 Å². The molecule has 2 amide bonds. The number of nitrogens with one attached hydrogen (secondary N) is 1. The fraction of sp³-hybridized carbons (Fsp3) is 0.524. The number of carbonyl (C=O) groups excluding carboxylic acids is 2. The van der Waals surface area contributed by atoms with Gasteiger partial charge < -0.3 is 15.0 Å². The Kier molecular flexibility index (Phi) is 7.75. The van der Waals surface area contributed by atoms with Crippen LogP contribution in [0.2, 0.25) is 0 Å². The molecule has 1 aliphatic heterocycles. The van der Waals surface area contributed by atoms with Gasteiger partial charge in [-0.05, 0) is 58.1 Å². The molecule has 1 aliphatic rings. The topological polar surface area (TPSA) is 102 Å². The Balaban J connectivity index is 1.78. The van der Waals surface area contributed by atoms with Crippen molar-refractivity contribution in [1.29, 1.82) is 0 Å². The number of rotatable bonds is 6. The van der Waals surface area contributed by atoms with Crippen molar-refractivity contribution in [1.82, 2.24) is 10.2 Å². The molecular formula is C21H29N3O5. The quantitative estimate of drug-likeness (QED) is 0.443. The molecule has 0 bridgehead atoms. The molecule has 8 heteroatoms. The van der Waals surface area contributed by atoms with Crippen LogP contribution >= 0.6 is 0 Å². The summed E-state index contributed by atoms with van der Waals surface area (Å²) in [4.78, 5) is 36.5. The summed E-state index contributed by atoms with van der Waals surface area (Å²) in [6.45, 7) is 7.33. The van der Waals surface area contributed by atoms with Crippen LogP contribution in [0.1, 0.15) is 45.6 Å². The largest absolute Gasteiger partial charge is 0.444 e. The van der Waals surface area contributed by atoms with Crippen molar-refractivity contribution in [3.05, 3.63) is 46.0 Å². The maximum atomic E-state index is 12.2. The van der Waals surface area contributed by atoms with Gasteiger partial charge in [0.15, 0.2) is 0 Å². The van der Waals surface area contributed by atoms with Crippen molar-refractivity contribution >= 4 is 23.8 Å². The zero-order chi connectivity index (χ0) is 21.4. The summed E-state index contributed by atoms with van der Waals surface area (Å²) in [6, 6.07) is 6.26. The van der Waals surface area contributed by atoms with Crippen LogP contribution in [0.15, 0.2) is 30.3 Å². The molecule has 0 spiro atoms. The molecule has 1 N–H and O–H groups in total. The van der Waals surface area contributed by atoms with Gasteiger partial charge in [-0.25, -0.2) is 4.79 Å². The Morgan fingerprint density at radius 1 is 1.34 bits per heavy atom. The van der Waals surface area contributed by atoms with Crippen LogP contribution in [0.25, 0.3) is 6.08 Å². The summed E-state index contributed by atoms with van der Waals surface area (Å²) in [5.74, 6) is -0.00119. The fourth-order valence-electron chi connectivity index (χ4n) is 3.21. The highest BCUT2D eigenvalue weighted by atomic mass is 16.6. The lowest BCUT2D eigenvalue weighted by atomic mass is 9.95. The van der Waals surface area contributed by atoms with Gasteiger partial charge in [0.1, 0.15) is 5.60 Å². The Morgan fingerprint density at radius 2 is 2.07 bits per heavy atom. The predicted octanol–water partition coefficient (Wildman–Crippen LogP) is 3.76. The van der Waals surface area contributed by atoms with Crippen LogP contribution in [0.5, 0.6) is 0 Å². The van der Waals surface area contributed by atoms with E-state index in [0.29, 0.717) is 31.1 Å². The number of likely N-dealkylation sites (tertiary alicyclic amines) is 1. The van der Waals surface area contributed by atoms with Gasteiger partial charge >= 0.3 is 6.09 Å². The van der Waals surface area contributed by atoms with Gasteiger partial charge in [0, 0.05) is 31.8 Å². The second-order valence-electron chi connectivity index (χ2n) is 8.16. The smallest absolute Gasteiger partial charge is 0.410 e. The molecule has 1 aromatic rings. The van der Waals surface area contributed by atoms with Crippen molar-refractivity contribution in [2.45, 2.75) is 45.6 Å². The number of benzene rings is 1. The average molecular weight is 403 g/mol. The van der Waals surface area contributed by atoms with Gasteiger partial charge in [-0.1, -0.05) is 12.1 Å². The van der Waals surface area contributed by atoms with Crippen molar-refractivity contribution in [3.63, 3.8) is 0 Å². The van der Waals surface area contributed by atoms with E-state index in [1.165, 1.54) is 18.2 Å². The van der Waals surface area contributed by atoms with Gasteiger partial charge in [-0.15, -0.1) is 0 Å². The van der Waals surface area contributed by atoms with Gasteiger partial charge in [-0.3, -0.25) is 14.9 Å². The molecule has 158 valence electrons. The van der Waals surface area contributed by atoms with E-state index >= 15 is 0 Å². The Morgan fingerprint density at radius 3 is 2.76 bits per heavy atom. The van der Waals surface area contributed by atoms with Crippen LogP contribution in [0.3, 0.4) is 0 Å². The minimum absolute atomic E-state index is 0.0408. The number of piperidine rings is 1. The van der Waals surface area contributed by atoms with Gasteiger partial charge in [0.2, 0.25) is 5.91 Å². The Hall–Kier alpha value is -2.90. The van der Waals surface area contributed by atoms with Crippen LogP contribution in [-0.4, -0.2) is 47.1 Å². The molecule has 1 heterocycles. The molecule has 1 atom stereocenters. The average Bonchev–Trinajstić information content (AvgIpc) is 2.65. The van der Waals surface area contributed by atoms with E-state index in [1.54, 1.807) is 23.1 Å². The number of nitrogens with zero attached hydrogens (tertiary/aromatic N) is 2. The lowest BCUT2D eigenvalue weighted by Crippen LogP contribution is -2.43. The second kappa shape index (κ2) is 10.0. The normalized spacial score (nSPS) is 17.2. The number of hydrogen-bond donors (Lipinski definition) is 1. The fourth-order valence-corrected chi connectivity index (χ4v) is 3.21. The maximum absolute atomic E-state index is 12.2. The van der Waals surface area contributed by atoms with Crippen molar-refractivity contribution < 1.29 is 19.2 Å². The van der Waals surface area contributed by atoms with E-state index in [1.807, 2.05) is 20.8 Å². The molecule has 0 saturated carbocycles. The van der Waals surface area contributed by atoms with E-state index in [0.717, 1.165) is 19.3 Å². The lowest BCUT2D eigenvalue weighted by Gasteiger charge is -2.34. The van der Waals surface area contributed by atoms with E-state index in [-0.39, 0.29) is 17.7 Å². The Labute approximate surface area is 171 Å². The zero-order valence-electron chi connectivity index (χ0n) is 17.2. The van der Waals surface area contributed by atoms with Gasteiger partial charge in [0.25, 0.3) is 5.69 Å². The zero-order valence-corrected chi connectivity index (χ0v) is 17.2. The molecule has 29 heavy (non-hydrogen) atoms. The van der Waals surface area contributed by atoms with E-state index in [9.17, 15) is 19.7 Å². The standard InChI is InChI=1S/C21H29N3O5/c1-21(2,3)29-20(26)23-14-6-7-16(15-23)12-13-22-19(25)11-10-17-8-4-5-9-18(17)24(27)28/h4-5,8-11,16H,6-7,12-15H2,1-3H3,(H,22,25)/b11-10+. The summed E-state index contributed by atoms with van der Waals surface area (Å²) in [7, 11) is 0. The molecule has 1 fully saturated rings. The molecule has 1 saturated heterocycles. The summed E-state index contributed by atoms with van der Waals surface area (Å²) < 4.78 is 5.43. The van der Waals surface area contributed by atoms with E-state index < -0.39 is 10.5 Å². The third-order valence-electron chi connectivity index (χ3n) is 4.57. The first kappa shape index (κ1) is 22.4. The molecule has 0 aromatic heterocycles. The number of hydrogen-bond acceptors (Lipinski definition) is 5. The summed E-state index contributed by atoms with van der Waals surface area (Å²) in [6.07, 6.45) is 5.12. The second-order valence-corrected chi connectivity index (χ2v) is 8.16. The first-order valence-corrected chi connectivity index (χ1v) is 9.83. The van der Waals surface area contributed by atoms with Crippen LogP contribution in [-0.2, 0) is 9.53 Å². The predicted molar refractivity (Wildman–Crippen MR) is 110 cm³/mol. The first-order valence-electron chi connectivity index (χ1n) is 9.83. The third kappa shape index (κ3) is 7.56. The molecule has 0 aliphatic carbocycles. The highest BCUT2D eigenvalue weighted by Gasteiger charge is 2.27. The molecule has 1 aromatic carbocycles. The number of para-hydroxylation sites is 1. The highest BCUT2D eigenvalue weighted by Crippen LogP contribution is 2.21. The van der Waals surface area contributed by atoms with Gasteiger partial charge in [0.05, 0.1) is 10.5 Å². The van der Waals surface area contributed by atoms with E-state index in [2.05, 4.69) is 5.32 Å². The van der Waals surface area contributed by atoms with Crippen LogP contribution in [0.4, 0.5) is 10.5 Å². The molecule has 8 nitrogen and oxygen atoms in total. The number of ether oxygens (including phenoxy) is 1. The monoisotopic (exact) mass is 403 g/mol. The SMILES string of the molecule is CC(C)(C)OC(=O)N1CCCC(CCNC(=O)/C=C/c2ccccc2[N+](=O)[O-])C1. The van der Waals surface area contributed by atoms with Crippen molar-refractivity contribution in [2.75, 3.05) is 19.6 Å². The molecule has 2 rings (SSSR count). The van der Waals surface area contributed by atoms with Gasteiger partial charge in [-0.2, -0.15) is 0 Å². The summed E-state index contributed by atoms with van der Waals surface area (Å²) >= 11 is 0. The number of nitro groups is 1. The molecule has 1 unspecified atom stereocenters. The van der Waals surface area contributed by atoms with Crippen molar-refractivity contribution in [3.8, 4) is 0 Å². The minimum atomic E-state index is -0.516. The van der Waals surface area contributed by atoms with Crippen molar-refractivity contribution in [2.24, 2.45) is 5.92 Å². The minimum Gasteiger partial charge on any atom is -0.444 e. The maximum Gasteiger partial charge on any atom is 0.410 e. The summed E-state index contributed by atoms with van der Waals surface area (Å²) in [5, 5.41) is 13.8. The van der Waals surface area contributed by atoms with Crippen LogP contribution < -0.4 is 5.32 Å². The highest BCUT2D eigenvalue weighted by molar-refractivity contribution is 5.92. The van der Waals surface area contributed by atoms with E-state index in [4.69, 9.17) is 4.74 Å². The Bertz CT molecular complexity index is 770. The lowest BCUT2D eigenvalue weighted by molar-refractivity contribution is -0.385. The number of nitro benzene ring substituents is 1. The first-order chi connectivity index (χ1) is 13.7. The third-order valence-corrected chi connectivity index (χ3v) is 4.57. The number of carbonyl (C=O) groups is 2.